The van der Waals surface area contributed by atoms with Gasteiger partial charge < -0.3 is 0 Å². The van der Waals surface area contributed by atoms with Gasteiger partial charge in [-0.15, -0.1) is 0 Å². The minimum absolute atomic E-state index is 0.00876. The number of nitriles is 1. The minimum atomic E-state index is -3.94. The summed E-state index contributed by atoms with van der Waals surface area (Å²) in [5, 5.41) is 16.6. The van der Waals surface area contributed by atoms with E-state index in [1.54, 1.807) is 6.07 Å². The molecule has 0 saturated heterocycles. The average molecular weight is 370 g/mol. The molecule has 3 aromatic rings. The van der Waals surface area contributed by atoms with Crippen LogP contribution in [-0.2, 0) is 9.84 Å². The molecule has 0 aliphatic rings. The lowest BCUT2D eigenvalue weighted by Crippen LogP contribution is -2.03. The highest BCUT2D eigenvalue weighted by molar-refractivity contribution is 7.95. The van der Waals surface area contributed by atoms with E-state index < -0.39 is 9.84 Å². The van der Waals surface area contributed by atoms with Crippen LogP contribution in [0.1, 0.15) is 5.56 Å². The van der Waals surface area contributed by atoms with Crippen molar-refractivity contribution in [1.82, 2.24) is 10.2 Å². The largest absolute Gasteiger partial charge is 0.277 e. The molecule has 0 atom stereocenters. The Morgan fingerprint density at radius 3 is 2.44 bits per heavy atom. The third-order valence-corrected chi connectivity index (χ3v) is 5.47. The maximum Gasteiger partial charge on any atom is 0.216 e. The van der Waals surface area contributed by atoms with E-state index in [-0.39, 0.29) is 9.80 Å². The van der Waals surface area contributed by atoms with E-state index in [0.717, 1.165) is 5.56 Å². The Morgan fingerprint density at radius 2 is 1.80 bits per heavy atom. The van der Waals surface area contributed by atoms with Crippen molar-refractivity contribution < 1.29 is 8.42 Å². The van der Waals surface area contributed by atoms with E-state index >= 15 is 0 Å². The molecule has 0 aliphatic carbocycles. The summed E-state index contributed by atoms with van der Waals surface area (Å²) in [6.45, 7) is 0. The normalized spacial score (nSPS) is 11.9. The van der Waals surface area contributed by atoms with Crippen molar-refractivity contribution in [2.75, 3.05) is 0 Å². The van der Waals surface area contributed by atoms with E-state index in [4.69, 9.17) is 11.6 Å². The van der Waals surface area contributed by atoms with Crippen molar-refractivity contribution in [3.05, 3.63) is 76.3 Å². The maximum absolute atomic E-state index is 12.7. The summed E-state index contributed by atoms with van der Waals surface area (Å²) >= 11 is 5.79. The fourth-order valence-corrected chi connectivity index (χ4v) is 3.57. The first-order valence-corrected chi connectivity index (χ1v) is 9.10. The predicted octanol–water partition coefficient (Wildman–Crippen LogP) is 4.07. The third kappa shape index (κ3) is 3.48. The predicted molar refractivity (Wildman–Crippen MR) is 96.3 cm³/mol. The van der Waals surface area contributed by atoms with Gasteiger partial charge in [0.15, 0.2) is 0 Å². The Bertz CT molecular complexity index is 1060. The van der Waals surface area contributed by atoms with Crippen LogP contribution in [0.15, 0.2) is 70.6 Å². The van der Waals surface area contributed by atoms with Crippen molar-refractivity contribution in [2.45, 2.75) is 4.90 Å². The summed E-state index contributed by atoms with van der Waals surface area (Å²) in [4.78, 5) is -0.358. The molecule has 1 aromatic heterocycles. The van der Waals surface area contributed by atoms with Crippen LogP contribution in [0.3, 0.4) is 0 Å². The molecule has 0 radical (unpaired) electrons. The fourth-order valence-electron chi connectivity index (χ4n) is 2.29. The van der Waals surface area contributed by atoms with Crippen molar-refractivity contribution in [2.24, 2.45) is 0 Å². The molecule has 0 spiro atoms. The Labute approximate surface area is 150 Å². The molecule has 3 rings (SSSR count). The molecular weight excluding hydrogens is 358 g/mol. The number of aromatic amines is 1. The van der Waals surface area contributed by atoms with Crippen LogP contribution < -0.4 is 0 Å². The molecule has 1 heterocycles. The fraction of sp³-hybridized carbons (Fsp3) is 0. The second-order valence-electron chi connectivity index (χ2n) is 5.14. The van der Waals surface area contributed by atoms with Crippen LogP contribution in [0.4, 0.5) is 0 Å². The average Bonchev–Trinajstić information content (AvgIpc) is 3.09. The molecule has 0 unspecified atom stereocenters. The van der Waals surface area contributed by atoms with Crippen LogP contribution >= 0.6 is 11.6 Å². The number of allylic oxidation sites excluding steroid dienone is 1. The molecule has 5 nitrogen and oxygen atoms in total. The SMILES string of the molecule is N#CC(=Cc1cn[nH]c1-c1ccccc1)S(=O)(=O)c1ccc(Cl)cc1. The van der Waals surface area contributed by atoms with Gasteiger partial charge in [0.25, 0.3) is 0 Å². The van der Waals surface area contributed by atoms with Crippen LogP contribution in [0.25, 0.3) is 17.3 Å². The first-order valence-electron chi connectivity index (χ1n) is 7.23. The molecule has 0 amide bonds. The van der Waals surface area contributed by atoms with Crippen molar-refractivity contribution in [3.63, 3.8) is 0 Å². The number of aromatic nitrogens is 2. The van der Waals surface area contributed by atoms with E-state index in [9.17, 15) is 13.7 Å². The third-order valence-electron chi connectivity index (χ3n) is 3.54. The summed E-state index contributed by atoms with van der Waals surface area (Å²) < 4.78 is 25.4. The highest BCUT2D eigenvalue weighted by Gasteiger charge is 2.21. The van der Waals surface area contributed by atoms with Crippen LogP contribution in [0.5, 0.6) is 0 Å². The van der Waals surface area contributed by atoms with Crippen LogP contribution in [0.2, 0.25) is 5.02 Å². The van der Waals surface area contributed by atoms with Crippen molar-refractivity contribution in [3.8, 4) is 17.3 Å². The zero-order chi connectivity index (χ0) is 17.9. The molecule has 1 N–H and O–H groups in total. The van der Waals surface area contributed by atoms with Crippen molar-refractivity contribution in [1.29, 1.82) is 5.26 Å². The molecular formula is C18H12ClN3O2S. The Morgan fingerprint density at radius 1 is 1.12 bits per heavy atom. The molecule has 2 aromatic carbocycles. The number of H-pyrrole nitrogens is 1. The molecule has 0 bridgehead atoms. The molecule has 0 fully saturated rings. The number of rotatable bonds is 4. The molecule has 25 heavy (non-hydrogen) atoms. The second kappa shape index (κ2) is 6.93. The smallest absolute Gasteiger partial charge is 0.216 e. The van der Waals surface area contributed by atoms with Gasteiger partial charge in [0.05, 0.1) is 16.8 Å². The lowest BCUT2D eigenvalue weighted by atomic mass is 10.1. The Balaban J connectivity index is 2.07. The van der Waals surface area contributed by atoms with Gasteiger partial charge >= 0.3 is 0 Å². The summed E-state index contributed by atoms with van der Waals surface area (Å²) in [6, 6.07) is 16.8. The lowest BCUT2D eigenvalue weighted by molar-refractivity contribution is 0.603. The highest BCUT2D eigenvalue weighted by atomic mass is 35.5. The number of halogens is 1. The molecule has 0 saturated carbocycles. The van der Waals surface area contributed by atoms with E-state index in [1.807, 2.05) is 30.3 Å². The first-order chi connectivity index (χ1) is 12.0. The Hall–Kier alpha value is -2.88. The maximum atomic E-state index is 12.7. The van der Waals surface area contributed by atoms with Gasteiger partial charge in [0, 0.05) is 16.1 Å². The van der Waals surface area contributed by atoms with E-state index in [1.165, 1.54) is 36.5 Å². The lowest BCUT2D eigenvalue weighted by Gasteiger charge is -2.04. The van der Waals surface area contributed by atoms with Gasteiger partial charge in [-0.3, -0.25) is 5.10 Å². The monoisotopic (exact) mass is 369 g/mol. The van der Waals surface area contributed by atoms with Gasteiger partial charge in [0.2, 0.25) is 9.84 Å². The topological polar surface area (TPSA) is 86.6 Å². The van der Waals surface area contributed by atoms with Gasteiger partial charge in [-0.2, -0.15) is 10.4 Å². The summed E-state index contributed by atoms with van der Waals surface area (Å²) in [5.74, 6) is 0. The molecule has 124 valence electrons. The van der Waals surface area contributed by atoms with E-state index in [0.29, 0.717) is 16.3 Å². The number of nitrogens with zero attached hydrogens (tertiary/aromatic N) is 2. The first kappa shape index (κ1) is 17.0. The highest BCUT2D eigenvalue weighted by Crippen LogP contribution is 2.26. The van der Waals surface area contributed by atoms with Gasteiger partial charge in [-0.1, -0.05) is 41.9 Å². The van der Waals surface area contributed by atoms with E-state index in [2.05, 4.69) is 10.2 Å². The zero-order valence-corrected chi connectivity index (χ0v) is 14.4. The summed E-state index contributed by atoms with van der Waals surface area (Å²) in [7, 11) is -3.94. The minimum Gasteiger partial charge on any atom is -0.277 e. The quantitative estimate of drug-likeness (QED) is 0.702. The molecule has 0 aliphatic heterocycles. The Kier molecular flexibility index (Phi) is 4.70. The summed E-state index contributed by atoms with van der Waals surface area (Å²) in [6.07, 6.45) is 2.80. The number of sulfone groups is 1. The number of hydrogen-bond donors (Lipinski definition) is 1. The number of hydrogen-bond acceptors (Lipinski definition) is 4. The number of nitrogens with one attached hydrogen (secondary N) is 1. The standard InChI is InChI=1S/C18H12ClN3O2S/c19-15-6-8-16(9-7-15)25(23,24)17(11-20)10-14-12-21-22-18(14)13-4-2-1-3-5-13/h1-10,12H,(H,21,22). The zero-order valence-electron chi connectivity index (χ0n) is 12.8. The van der Waals surface area contributed by atoms with Crippen LogP contribution in [-0.4, -0.2) is 18.6 Å². The van der Waals surface area contributed by atoms with Gasteiger partial charge in [-0.05, 0) is 30.3 Å². The number of benzene rings is 2. The van der Waals surface area contributed by atoms with Gasteiger partial charge in [0.1, 0.15) is 11.0 Å². The van der Waals surface area contributed by atoms with Crippen molar-refractivity contribution >= 4 is 27.5 Å². The van der Waals surface area contributed by atoms with Gasteiger partial charge in [-0.25, -0.2) is 8.42 Å². The summed E-state index contributed by atoms with van der Waals surface area (Å²) in [5.41, 5.74) is 1.99. The second-order valence-corrected chi connectivity index (χ2v) is 7.50. The molecule has 7 heteroatoms. The van der Waals surface area contributed by atoms with Crippen LogP contribution in [0, 0.1) is 11.3 Å².